The lowest BCUT2D eigenvalue weighted by Gasteiger charge is -2.34. The normalized spacial score (nSPS) is 18.8. The van der Waals surface area contributed by atoms with E-state index in [2.05, 4.69) is 24.0 Å². The fraction of sp³-hybridized carbons (Fsp3) is 0.600. The van der Waals surface area contributed by atoms with E-state index in [4.69, 9.17) is 10.5 Å². The van der Waals surface area contributed by atoms with E-state index >= 15 is 0 Å². The molecule has 100 valence electrons. The topological polar surface area (TPSA) is 38.5 Å². The highest BCUT2D eigenvalue weighted by molar-refractivity contribution is 5.61. The Morgan fingerprint density at radius 1 is 1.33 bits per heavy atom. The molecule has 3 heteroatoms. The molecule has 3 nitrogen and oxygen atoms in total. The van der Waals surface area contributed by atoms with Crippen molar-refractivity contribution in [1.29, 1.82) is 0 Å². The van der Waals surface area contributed by atoms with Gasteiger partial charge in [0.2, 0.25) is 0 Å². The van der Waals surface area contributed by atoms with E-state index in [-0.39, 0.29) is 6.04 Å². The minimum absolute atomic E-state index is 0.00417. The summed E-state index contributed by atoms with van der Waals surface area (Å²) >= 11 is 0. The van der Waals surface area contributed by atoms with Crippen LogP contribution in [0.25, 0.3) is 0 Å². The molecule has 18 heavy (non-hydrogen) atoms. The number of ether oxygens (including phenoxy) is 1. The van der Waals surface area contributed by atoms with E-state index in [1.807, 2.05) is 13.0 Å². The van der Waals surface area contributed by atoms with Crippen LogP contribution in [0.1, 0.15) is 38.3 Å². The molecule has 0 radical (unpaired) electrons. The van der Waals surface area contributed by atoms with Crippen LogP contribution >= 0.6 is 0 Å². The molecular formula is C15H24N2O. The Bertz CT molecular complexity index is 395. The number of rotatable bonds is 3. The van der Waals surface area contributed by atoms with E-state index < -0.39 is 0 Å². The number of nitrogens with two attached hydrogens (primary N) is 1. The van der Waals surface area contributed by atoms with E-state index in [1.165, 1.54) is 18.5 Å². The van der Waals surface area contributed by atoms with Gasteiger partial charge in [0.05, 0.1) is 7.11 Å². The molecule has 0 aromatic heterocycles. The van der Waals surface area contributed by atoms with Gasteiger partial charge in [-0.15, -0.1) is 0 Å². The molecule has 1 aromatic rings. The van der Waals surface area contributed by atoms with Gasteiger partial charge in [-0.1, -0.05) is 13.0 Å². The van der Waals surface area contributed by atoms with Gasteiger partial charge >= 0.3 is 0 Å². The average Bonchev–Trinajstić information content (AvgIpc) is 2.38. The molecule has 2 N–H and O–H groups in total. The van der Waals surface area contributed by atoms with Crippen molar-refractivity contribution in [2.75, 3.05) is 25.1 Å². The van der Waals surface area contributed by atoms with Crippen molar-refractivity contribution >= 4 is 5.69 Å². The molecular weight excluding hydrogens is 224 g/mol. The Morgan fingerprint density at radius 3 is 2.56 bits per heavy atom. The third-order valence-electron chi connectivity index (χ3n) is 3.84. The molecule has 0 amide bonds. The van der Waals surface area contributed by atoms with Crippen LogP contribution in [0.15, 0.2) is 18.2 Å². The maximum Gasteiger partial charge on any atom is 0.125 e. The van der Waals surface area contributed by atoms with Crippen molar-refractivity contribution in [3.05, 3.63) is 23.8 Å². The number of anilines is 1. The number of benzene rings is 1. The summed E-state index contributed by atoms with van der Waals surface area (Å²) in [5, 5.41) is 0. The molecule has 1 heterocycles. The van der Waals surface area contributed by atoms with Crippen molar-refractivity contribution in [2.45, 2.75) is 32.7 Å². The van der Waals surface area contributed by atoms with Gasteiger partial charge < -0.3 is 15.4 Å². The SMILES string of the molecule is COc1cccc(N2CCC(C)CC2)c1[C@H](C)N. The monoisotopic (exact) mass is 248 g/mol. The van der Waals surface area contributed by atoms with Gasteiger partial charge in [0.25, 0.3) is 0 Å². The van der Waals surface area contributed by atoms with Gasteiger partial charge in [0, 0.05) is 30.4 Å². The number of nitrogens with zero attached hydrogens (tertiary/aromatic N) is 1. The Hall–Kier alpha value is -1.22. The molecule has 1 fully saturated rings. The van der Waals surface area contributed by atoms with Gasteiger partial charge in [0.1, 0.15) is 5.75 Å². The number of hydrogen-bond acceptors (Lipinski definition) is 3. The van der Waals surface area contributed by atoms with Gasteiger partial charge in [-0.25, -0.2) is 0 Å². The minimum atomic E-state index is -0.00417. The highest BCUT2D eigenvalue weighted by Crippen LogP contribution is 2.35. The molecule has 1 atom stereocenters. The predicted molar refractivity (Wildman–Crippen MR) is 76.2 cm³/mol. The fourth-order valence-electron chi connectivity index (χ4n) is 2.69. The highest BCUT2D eigenvalue weighted by Gasteiger charge is 2.21. The number of methoxy groups -OCH3 is 1. The first kappa shape index (κ1) is 13.2. The zero-order valence-corrected chi connectivity index (χ0v) is 11.6. The summed E-state index contributed by atoms with van der Waals surface area (Å²) < 4.78 is 5.45. The van der Waals surface area contributed by atoms with Crippen molar-refractivity contribution < 1.29 is 4.74 Å². The molecule has 2 rings (SSSR count). The summed E-state index contributed by atoms with van der Waals surface area (Å²) in [6, 6.07) is 6.21. The summed E-state index contributed by atoms with van der Waals surface area (Å²) in [7, 11) is 1.71. The van der Waals surface area contributed by atoms with Gasteiger partial charge in [0.15, 0.2) is 0 Å². The first-order valence-electron chi connectivity index (χ1n) is 6.81. The second kappa shape index (κ2) is 5.61. The van der Waals surface area contributed by atoms with Crippen molar-refractivity contribution in [3.8, 4) is 5.75 Å². The van der Waals surface area contributed by atoms with E-state index in [0.717, 1.165) is 30.3 Å². The van der Waals surface area contributed by atoms with Crippen LogP contribution < -0.4 is 15.4 Å². The molecule has 0 spiro atoms. The Kier molecular flexibility index (Phi) is 4.12. The molecule has 0 unspecified atom stereocenters. The van der Waals surface area contributed by atoms with Gasteiger partial charge in [-0.3, -0.25) is 0 Å². The molecule has 0 saturated carbocycles. The van der Waals surface area contributed by atoms with E-state index in [1.54, 1.807) is 7.11 Å². The summed E-state index contributed by atoms with van der Waals surface area (Å²) in [5.41, 5.74) is 8.50. The van der Waals surface area contributed by atoms with Crippen LogP contribution in [0.3, 0.4) is 0 Å². The van der Waals surface area contributed by atoms with Crippen LogP contribution in [0.2, 0.25) is 0 Å². The van der Waals surface area contributed by atoms with Crippen molar-refractivity contribution in [2.24, 2.45) is 11.7 Å². The quantitative estimate of drug-likeness (QED) is 0.893. The van der Waals surface area contributed by atoms with E-state index in [9.17, 15) is 0 Å². The fourth-order valence-corrected chi connectivity index (χ4v) is 2.69. The zero-order chi connectivity index (χ0) is 13.1. The van der Waals surface area contributed by atoms with Crippen LogP contribution in [-0.4, -0.2) is 20.2 Å². The summed E-state index contributed by atoms with van der Waals surface area (Å²) in [6.45, 7) is 6.59. The smallest absolute Gasteiger partial charge is 0.125 e. The van der Waals surface area contributed by atoms with Crippen molar-refractivity contribution in [1.82, 2.24) is 0 Å². The lowest BCUT2D eigenvalue weighted by Crippen LogP contribution is -2.34. The molecule has 1 aliphatic rings. The number of piperidine rings is 1. The average molecular weight is 248 g/mol. The first-order chi connectivity index (χ1) is 8.63. The van der Waals surface area contributed by atoms with Crippen molar-refractivity contribution in [3.63, 3.8) is 0 Å². The maximum absolute atomic E-state index is 6.12. The Labute approximate surface area is 110 Å². The first-order valence-corrected chi connectivity index (χ1v) is 6.81. The molecule has 1 aliphatic heterocycles. The lowest BCUT2D eigenvalue weighted by molar-refractivity contribution is 0.405. The zero-order valence-electron chi connectivity index (χ0n) is 11.6. The Balaban J connectivity index is 2.32. The second-order valence-electron chi connectivity index (χ2n) is 5.35. The standard InChI is InChI=1S/C15H24N2O/c1-11-7-9-17(10-8-11)13-5-4-6-14(18-3)15(13)12(2)16/h4-6,11-12H,7-10,16H2,1-3H3/t12-/m0/s1. The summed E-state index contributed by atoms with van der Waals surface area (Å²) in [4.78, 5) is 2.45. The molecule has 0 bridgehead atoms. The molecule has 1 aromatic carbocycles. The van der Waals surface area contributed by atoms with Crippen LogP contribution in [-0.2, 0) is 0 Å². The maximum atomic E-state index is 6.12. The molecule has 0 aliphatic carbocycles. The largest absolute Gasteiger partial charge is 0.496 e. The van der Waals surface area contributed by atoms with Gasteiger partial charge in [-0.05, 0) is 37.8 Å². The summed E-state index contributed by atoms with van der Waals surface area (Å²) in [6.07, 6.45) is 2.52. The van der Waals surface area contributed by atoms with Crippen LogP contribution in [0, 0.1) is 5.92 Å². The molecule has 1 saturated heterocycles. The highest BCUT2D eigenvalue weighted by atomic mass is 16.5. The Morgan fingerprint density at radius 2 is 2.00 bits per heavy atom. The van der Waals surface area contributed by atoms with E-state index in [0.29, 0.717) is 0 Å². The lowest BCUT2D eigenvalue weighted by atomic mass is 9.97. The van der Waals surface area contributed by atoms with Gasteiger partial charge in [-0.2, -0.15) is 0 Å². The minimum Gasteiger partial charge on any atom is -0.496 e. The van der Waals surface area contributed by atoms with Crippen LogP contribution in [0.4, 0.5) is 5.69 Å². The second-order valence-corrected chi connectivity index (χ2v) is 5.35. The van der Waals surface area contributed by atoms with Crippen LogP contribution in [0.5, 0.6) is 5.75 Å². The third kappa shape index (κ3) is 2.61. The third-order valence-corrected chi connectivity index (χ3v) is 3.84. The number of hydrogen-bond donors (Lipinski definition) is 1. The summed E-state index contributed by atoms with van der Waals surface area (Å²) in [5.74, 6) is 1.74. The predicted octanol–water partition coefficient (Wildman–Crippen LogP) is 2.95.